The molecule has 0 spiro atoms. The van der Waals surface area contributed by atoms with E-state index in [1.54, 1.807) is 0 Å². The topological polar surface area (TPSA) is 58.6 Å². The third kappa shape index (κ3) is 4.94. The molecule has 0 unspecified atom stereocenters. The number of morpholine rings is 1. The van der Waals surface area contributed by atoms with E-state index in [0.717, 1.165) is 17.3 Å². The molecule has 0 bridgehead atoms. The molecule has 7 heteroatoms. The normalized spacial score (nSPS) is 19.3. The first-order valence-corrected chi connectivity index (χ1v) is 8.02. The lowest BCUT2D eigenvalue weighted by Crippen LogP contribution is -2.46. The third-order valence-corrected chi connectivity index (χ3v) is 4.53. The minimum absolute atomic E-state index is 0.460. The van der Waals surface area contributed by atoms with Gasteiger partial charge in [0.15, 0.2) is 0 Å². The fourth-order valence-electron chi connectivity index (χ4n) is 1.30. The molecule has 1 heterocycles. The highest BCUT2D eigenvalue weighted by Gasteiger charge is 2.23. The molecule has 0 aromatic rings. The van der Waals surface area contributed by atoms with E-state index in [4.69, 9.17) is 4.74 Å². The zero-order chi connectivity index (χ0) is 11.1. The Hall–Kier alpha value is 0.560. The van der Waals surface area contributed by atoms with Gasteiger partial charge in [-0.05, 0) is 17.3 Å². The van der Waals surface area contributed by atoms with E-state index in [2.05, 4.69) is 27.3 Å². The molecule has 0 aliphatic carbocycles. The summed E-state index contributed by atoms with van der Waals surface area (Å²) in [5, 5.41) is 0. The van der Waals surface area contributed by atoms with E-state index in [0.29, 0.717) is 32.8 Å². The summed E-state index contributed by atoms with van der Waals surface area (Å²) in [5.74, 6) is 0. The summed E-state index contributed by atoms with van der Waals surface area (Å²) in [6.45, 7) is 2.44. The number of unbranched alkanes of at least 4 members (excludes halogenated alkanes) is 1. The highest BCUT2D eigenvalue weighted by Crippen LogP contribution is 2.03. The fourth-order valence-corrected chi connectivity index (χ4v) is 3.05. The zero-order valence-corrected chi connectivity index (χ0v) is 11.6. The second-order valence-corrected chi connectivity index (χ2v) is 6.14. The number of hydrogen-bond acceptors (Lipinski definition) is 3. The Labute approximate surface area is 105 Å². The summed E-state index contributed by atoms with van der Waals surface area (Å²) in [6.07, 6.45) is 1.94. The van der Waals surface area contributed by atoms with Gasteiger partial charge in [0.2, 0.25) is 0 Å². The number of nitrogens with one attached hydrogen (secondary N) is 1. The zero-order valence-electron chi connectivity index (χ0n) is 8.62. The molecule has 1 rings (SSSR count). The van der Waals surface area contributed by atoms with Gasteiger partial charge in [-0.25, -0.2) is 4.72 Å². The molecule has 0 radical (unpaired) electrons. The summed E-state index contributed by atoms with van der Waals surface area (Å²) in [7, 11) is -3.26. The first-order valence-electron chi connectivity index (χ1n) is 5.05. The van der Waals surface area contributed by atoms with E-state index in [1.807, 2.05) is 0 Å². The van der Waals surface area contributed by atoms with Gasteiger partial charge in [-0.2, -0.15) is 12.7 Å². The lowest BCUT2D eigenvalue weighted by Gasteiger charge is -2.26. The van der Waals surface area contributed by atoms with Crippen LogP contribution in [-0.2, 0) is 14.9 Å². The number of nitrogens with zero attached hydrogens (tertiary/aromatic N) is 1. The average Bonchev–Trinajstić information content (AvgIpc) is 2.26. The van der Waals surface area contributed by atoms with E-state index in [1.165, 1.54) is 4.31 Å². The van der Waals surface area contributed by atoms with Crippen LogP contribution in [0.4, 0.5) is 0 Å². The van der Waals surface area contributed by atoms with Gasteiger partial charge in [-0.15, -0.1) is 0 Å². The molecule has 1 aliphatic rings. The molecule has 0 aromatic heterocycles. The highest BCUT2D eigenvalue weighted by atomic mass is 127. The number of rotatable bonds is 6. The molecule has 1 fully saturated rings. The molecule has 1 saturated heterocycles. The van der Waals surface area contributed by atoms with Crippen LogP contribution < -0.4 is 4.72 Å². The number of hydrogen-bond donors (Lipinski definition) is 1. The minimum atomic E-state index is -3.26. The van der Waals surface area contributed by atoms with E-state index in [9.17, 15) is 8.42 Å². The molecule has 0 atom stereocenters. The Morgan fingerprint density at radius 3 is 2.53 bits per heavy atom. The van der Waals surface area contributed by atoms with Crippen LogP contribution in [0.5, 0.6) is 0 Å². The van der Waals surface area contributed by atoms with Gasteiger partial charge < -0.3 is 4.74 Å². The molecule has 1 N–H and O–H groups in total. The summed E-state index contributed by atoms with van der Waals surface area (Å²) < 4.78 is 33.6. The Bertz CT molecular complexity index is 265. The lowest BCUT2D eigenvalue weighted by molar-refractivity contribution is 0.0725. The number of ether oxygens (including phenoxy) is 1. The second-order valence-electron chi connectivity index (χ2n) is 3.31. The maximum absolute atomic E-state index is 11.7. The van der Waals surface area contributed by atoms with Gasteiger partial charge in [0, 0.05) is 19.6 Å². The van der Waals surface area contributed by atoms with Crippen LogP contribution in [-0.4, -0.2) is 50.0 Å². The molecular weight excluding hydrogens is 331 g/mol. The van der Waals surface area contributed by atoms with Crippen molar-refractivity contribution in [3.05, 3.63) is 0 Å². The van der Waals surface area contributed by atoms with Gasteiger partial charge >= 0.3 is 0 Å². The van der Waals surface area contributed by atoms with Crippen LogP contribution in [0.3, 0.4) is 0 Å². The van der Waals surface area contributed by atoms with Crippen molar-refractivity contribution < 1.29 is 13.2 Å². The molecule has 0 aromatic carbocycles. The largest absolute Gasteiger partial charge is 0.379 e. The van der Waals surface area contributed by atoms with Crippen molar-refractivity contribution >= 4 is 32.8 Å². The first kappa shape index (κ1) is 13.6. The van der Waals surface area contributed by atoms with Crippen molar-refractivity contribution in [2.24, 2.45) is 0 Å². The van der Waals surface area contributed by atoms with Crippen LogP contribution in [0.2, 0.25) is 0 Å². The van der Waals surface area contributed by atoms with Crippen LogP contribution in [0, 0.1) is 0 Å². The number of alkyl halides is 1. The maximum atomic E-state index is 11.7. The molecule has 5 nitrogen and oxygen atoms in total. The van der Waals surface area contributed by atoms with Crippen molar-refractivity contribution in [1.29, 1.82) is 0 Å². The molecular formula is C8H17IN2O3S. The SMILES string of the molecule is O=S(=O)(NCCCCI)N1CCOCC1. The summed E-state index contributed by atoms with van der Waals surface area (Å²) >= 11 is 2.29. The quantitative estimate of drug-likeness (QED) is 0.429. The fraction of sp³-hybridized carbons (Fsp3) is 1.00. The van der Waals surface area contributed by atoms with Crippen LogP contribution >= 0.6 is 22.6 Å². The monoisotopic (exact) mass is 348 g/mol. The van der Waals surface area contributed by atoms with Crippen molar-refractivity contribution in [3.63, 3.8) is 0 Å². The van der Waals surface area contributed by atoms with E-state index >= 15 is 0 Å². The second kappa shape index (κ2) is 7.00. The standard InChI is InChI=1S/C8H17IN2O3S/c9-3-1-2-4-10-15(12,13)11-5-7-14-8-6-11/h10H,1-8H2. The van der Waals surface area contributed by atoms with Gasteiger partial charge in [-0.1, -0.05) is 22.6 Å². The summed E-state index contributed by atoms with van der Waals surface area (Å²) in [4.78, 5) is 0. The maximum Gasteiger partial charge on any atom is 0.279 e. The Kier molecular flexibility index (Phi) is 6.36. The third-order valence-electron chi connectivity index (χ3n) is 2.15. The highest BCUT2D eigenvalue weighted by molar-refractivity contribution is 14.1. The smallest absolute Gasteiger partial charge is 0.279 e. The van der Waals surface area contributed by atoms with Crippen molar-refractivity contribution in [2.75, 3.05) is 37.3 Å². The van der Waals surface area contributed by atoms with E-state index < -0.39 is 10.2 Å². The van der Waals surface area contributed by atoms with Crippen molar-refractivity contribution in [3.8, 4) is 0 Å². The van der Waals surface area contributed by atoms with E-state index in [-0.39, 0.29) is 0 Å². The molecule has 90 valence electrons. The summed E-state index contributed by atoms with van der Waals surface area (Å²) in [6, 6.07) is 0. The van der Waals surface area contributed by atoms with Crippen LogP contribution in [0.25, 0.3) is 0 Å². The van der Waals surface area contributed by atoms with Crippen LogP contribution in [0.1, 0.15) is 12.8 Å². The average molecular weight is 348 g/mol. The predicted octanol–water partition coefficient (Wildman–Crippen LogP) is 0.368. The minimum Gasteiger partial charge on any atom is -0.379 e. The summed E-state index contributed by atoms with van der Waals surface area (Å²) in [5.41, 5.74) is 0. The van der Waals surface area contributed by atoms with Gasteiger partial charge in [-0.3, -0.25) is 0 Å². The van der Waals surface area contributed by atoms with Crippen molar-refractivity contribution in [1.82, 2.24) is 9.03 Å². The molecule has 0 amide bonds. The molecule has 1 aliphatic heterocycles. The predicted molar refractivity (Wildman–Crippen MR) is 67.4 cm³/mol. The van der Waals surface area contributed by atoms with Gasteiger partial charge in [0.1, 0.15) is 0 Å². The number of halogens is 1. The van der Waals surface area contributed by atoms with Crippen LogP contribution in [0.15, 0.2) is 0 Å². The Balaban J connectivity index is 2.30. The van der Waals surface area contributed by atoms with Gasteiger partial charge in [0.05, 0.1) is 13.2 Å². The molecule has 0 saturated carbocycles. The van der Waals surface area contributed by atoms with Crippen molar-refractivity contribution in [2.45, 2.75) is 12.8 Å². The lowest BCUT2D eigenvalue weighted by atomic mass is 10.3. The molecule has 15 heavy (non-hydrogen) atoms. The Morgan fingerprint density at radius 2 is 1.93 bits per heavy atom. The first-order chi connectivity index (χ1) is 7.17. The van der Waals surface area contributed by atoms with Gasteiger partial charge in [0.25, 0.3) is 10.2 Å². The Morgan fingerprint density at radius 1 is 1.27 bits per heavy atom.